The van der Waals surface area contributed by atoms with Crippen LogP contribution in [0.3, 0.4) is 0 Å². The summed E-state index contributed by atoms with van der Waals surface area (Å²) in [6, 6.07) is -1.42. The van der Waals surface area contributed by atoms with Gasteiger partial charge in [0.05, 0.1) is 6.04 Å². The first kappa shape index (κ1) is 14.2. The first-order valence-electron chi connectivity index (χ1n) is 6.55. The predicted octanol–water partition coefficient (Wildman–Crippen LogP) is -0.987. The molecule has 3 heterocycles. The molecule has 0 aliphatic carbocycles. The highest BCUT2D eigenvalue weighted by molar-refractivity contribution is 6.02. The molecule has 2 fully saturated rings. The largest absolute Gasteiger partial charge is 0.477 e. The minimum Gasteiger partial charge on any atom is -0.477 e. The van der Waals surface area contributed by atoms with Crippen LogP contribution in [0.4, 0.5) is 9.59 Å². The Balaban J connectivity index is 1.95. The summed E-state index contributed by atoms with van der Waals surface area (Å²) in [7, 11) is 0. The fourth-order valence-electron chi connectivity index (χ4n) is 3.55. The number of nitrogens with zero attached hydrogens (tertiary/aromatic N) is 2. The molecule has 3 aliphatic heterocycles. The van der Waals surface area contributed by atoms with Crippen molar-refractivity contribution in [3.63, 3.8) is 0 Å². The molecule has 4 N–H and O–H groups in total. The lowest BCUT2D eigenvalue weighted by Crippen LogP contribution is -2.73. The van der Waals surface area contributed by atoms with Gasteiger partial charge >= 0.3 is 18.2 Å². The number of rotatable bonds is 3. The zero-order valence-corrected chi connectivity index (χ0v) is 11.3. The van der Waals surface area contributed by atoms with Crippen LogP contribution in [0.5, 0.6) is 0 Å². The van der Waals surface area contributed by atoms with Gasteiger partial charge in [0, 0.05) is 18.0 Å². The number of primary amides is 1. The van der Waals surface area contributed by atoms with Crippen molar-refractivity contribution in [1.82, 2.24) is 9.80 Å². The van der Waals surface area contributed by atoms with Crippen molar-refractivity contribution in [1.29, 1.82) is 0 Å². The Kier molecular flexibility index (Phi) is 2.97. The molecular weight excluding hydrogens is 298 g/mol. The van der Waals surface area contributed by atoms with E-state index in [-0.39, 0.29) is 24.8 Å². The maximum atomic E-state index is 12.2. The fraction of sp³-hybridized carbons (Fsp3) is 0.500. The average Bonchev–Trinajstić information content (AvgIpc) is 2.76. The number of likely N-dealkylation sites (tertiary alicyclic amines) is 1. The van der Waals surface area contributed by atoms with Crippen molar-refractivity contribution in [2.24, 2.45) is 11.7 Å². The lowest BCUT2D eigenvalue weighted by molar-refractivity contribution is -0.161. The van der Waals surface area contributed by atoms with Gasteiger partial charge in [0.15, 0.2) is 0 Å². The lowest BCUT2D eigenvalue weighted by Gasteiger charge is -2.52. The van der Waals surface area contributed by atoms with Crippen LogP contribution in [0.25, 0.3) is 0 Å². The van der Waals surface area contributed by atoms with E-state index in [0.717, 1.165) is 9.80 Å². The molecule has 0 radical (unpaired) electrons. The number of carboxylic acid groups (broad SMARTS) is 2. The van der Waals surface area contributed by atoms with Gasteiger partial charge in [-0.25, -0.2) is 14.4 Å². The summed E-state index contributed by atoms with van der Waals surface area (Å²) < 4.78 is 4.68. The summed E-state index contributed by atoms with van der Waals surface area (Å²) in [6.45, 7) is -0.199. The smallest absolute Gasteiger partial charge is 0.408 e. The molecule has 0 spiro atoms. The molecule has 3 amide bonds. The molecule has 3 atom stereocenters. The van der Waals surface area contributed by atoms with Crippen LogP contribution in [0.1, 0.15) is 6.42 Å². The van der Waals surface area contributed by atoms with Crippen LogP contribution in [0, 0.1) is 5.92 Å². The van der Waals surface area contributed by atoms with Gasteiger partial charge in [-0.2, -0.15) is 0 Å². The van der Waals surface area contributed by atoms with E-state index < -0.39 is 36.1 Å². The van der Waals surface area contributed by atoms with Crippen LogP contribution in [-0.2, 0) is 14.3 Å². The molecule has 0 aromatic carbocycles. The number of β-lactam (4-membered cyclic amide) rings is 1. The van der Waals surface area contributed by atoms with E-state index in [0.29, 0.717) is 12.0 Å². The maximum absolute atomic E-state index is 12.2. The summed E-state index contributed by atoms with van der Waals surface area (Å²) >= 11 is 0. The van der Waals surface area contributed by atoms with E-state index in [2.05, 4.69) is 4.74 Å². The number of aliphatic carboxylic acids is 1. The van der Waals surface area contributed by atoms with Gasteiger partial charge in [-0.05, 0) is 6.42 Å². The average molecular weight is 311 g/mol. The van der Waals surface area contributed by atoms with Gasteiger partial charge in [-0.1, -0.05) is 0 Å². The topological polar surface area (TPSA) is 150 Å². The van der Waals surface area contributed by atoms with E-state index >= 15 is 0 Å². The number of piperidine rings is 1. The third kappa shape index (κ3) is 1.73. The van der Waals surface area contributed by atoms with Gasteiger partial charge in [-0.3, -0.25) is 14.6 Å². The first-order chi connectivity index (χ1) is 10.3. The van der Waals surface area contributed by atoms with Crippen molar-refractivity contribution in [3.8, 4) is 0 Å². The predicted molar refractivity (Wildman–Crippen MR) is 67.5 cm³/mol. The van der Waals surface area contributed by atoms with Gasteiger partial charge in [0.1, 0.15) is 18.3 Å². The van der Waals surface area contributed by atoms with Gasteiger partial charge in [0.2, 0.25) is 0 Å². The fourth-order valence-corrected chi connectivity index (χ4v) is 3.55. The van der Waals surface area contributed by atoms with Crippen molar-refractivity contribution >= 4 is 24.1 Å². The first-order valence-corrected chi connectivity index (χ1v) is 6.55. The second-order valence-electron chi connectivity index (χ2n) is 5.30. The lowest BCUT2D eigenvalue weighted by atomic mass is 9.78. The van der Waals surface area contributed by atoms with Crippen LogP contribution in [0.2, 0.25) is 0 Å². The molecule has 0 aromatic heterocycles. The van der Waals surface area contributed by atoms with E-state index in [9.17, 15) is 24.3 Å². The van der Waals surface area contributed by atoms with E-state index in [1.54, 1.807) is 0 Å². The van der Waals surface area contributed by atoms with Crippen molar-refractivity contribution < 1.29 is 34.1 Å². The number of hydrogen-bond donors (Lipinski definition) is 3. The Labute approximate surface area is 123 Å². The van der Waals surface area contributed by atoms with Crippen LogP contribution >= 0.6 is 0 Å². The van der Waals surface area contributed by atoms with Crippen molar-refractivity contribution in [2.75, 3.05) is 13.2 Å². The highest BCUT2D eigenvalue weighted by Crippen LogP contribution is 2.48. The molecule has 0 bridgehead atoms. The Morgan fingerprint density at radius 3 is 2.55 bits per heavy atom. The molecule has 2 saturated heterocycles. The number of nitrogens with two attached hydrogens (primary N) is 1. The molecule has 118 valence electrons. The van der Waals surface area contributed by atoms with Crippen molar-refractivity contribution in [3.05, 3.63) is 11.3 Å². The normalized spacial score (nSPS) is 29.1. The number of hydrogen-bond acceptors (Lipinski definition) is 5. The highest BCUT2D eigenvalue weighted by atomic mass is 16.5. The third-order valence-electron chi connectivity index (χ3n) is 4.35. The van der Waals surface area contributed by atoms with Gasteiger partial charge in [0.25, 0.3) is 5.91 Å². The minimum atomic E-state index is -1.31. The summed E-state index contributed by atoms with van der Waals surface area (Å²) in [6.07, 6.45) is -1.90. The molecule has 10 heteroatoms. The Morgan fingerprint density at radius 1 is 1.32 bits per heavy atom. The number of carbonyl (C=O) groups excluding carboxylic acids is 2. The standard InChI is InChI=1S/C12H13N3O7/c13-11(19)22-3-5-4-1-2-14(12(20)21)8-6(4)15(9(8)16)7(5)10(17)18/h4,6,8H,1-3H2,(H2,13,19)(H,17,18)(H,20,21)/t4?,6-,8+/m1/s1. The number of ether oxygens (including phenoxy) is 1. The monoisotopic (exact) mass is 311 g/mol. The molecular formula is C12H13N3O7. The summed E-state index contributed by atoms with van der Waals surface area (Å²) in [5.41, 5.74) is 4.97. The molecule has 22 heavy (non-hydrogen) atoms. The molecule has 0 saturated carbocycles. The molecule has 0 aromatic rings. The Bertz CT molecular complexity index is 628. The van der Waals surface area contributed by atoms with Crippen LogP contribution in [-0.4, -0.2) is 69.3 Å². The molecule has 10 nitrogen and oxygen atoms in total. The molecule has 3 aliphatic rings. The number of amides is 3. The zero-order chi connectivity index (χ0) is 16.2. The Morgan fingerprint density at radius 2 is 2.00 bits per heavy atom. The minimum absolute atomic E-state index is 0.119. The van der Waals surface area contributed by atoms with Crippen molar-refractivity contribution in [2.45, 2.75) is 18.5 Å². The van der Waals surface area contributed by atoms with Gasteiger partial charge < -0.3 is 20.7 Å². The summed E-state index contributed by atoms with van der Waals surface area (Å²) in [5.74, 6) is -2.22. The van der Waals surface area contributed by atoms with Crippen LogP contribution in [0.15, 0.2) is 11.3 Å². The van der Waals surface area contributed by atoms with E-state index in [4.69, 9.17) is 10.8 Å². The molecule has 3 rings (SSSR count). The highest BCUT2D eigenvalue weighted by Gasteiger charge is 2.64. The second-order valence-corrected chi connectivity index (χ2v) is 5.30. The second kappa shape index (κ2) is 4.61. The van der Waals surface area contributed by atoms with E-state index in [1.165, 1.54) is 0 Å². The number of carboxylic acids is 1. The third-order valence-corrected chi connectivity index (χ3v) is 4.35. The summed E-state index contributed by atoms with van der Waals surface area (Å²) in [4.78, 5) is 47.6. The maximum Gasteiger partial charge on any atom is 0.408 e. The zero-order valence-electron chi connectivity index (χ0n) is 11.3. The summed E-state index contributed by atoms with van der Waals surface area (Å²) in [5, 5.41) is 18.5. The SMILES string of the molecule is NC(=O)OCC1=C(C(=O)O)N2C(=O)[C@@H]3[C@H]2C1CCN3C(=O)O. The van der Waals surface area contributed by atoms with E-state index in [1.807, 2.05) is 0 Å². The Hall–Kier alpha value is -2.78. The quantitative estimate of drug-likeness (QED) is 0.566. The molecule has 1 unspecified atom stereocenters. The number of carbonyl (C=O) groups is 4. The van der Waals surface area contributed by atoms with Crippen LogP contribution < -0.4 is 5.73 Å². The van der Waals surface area contributed by atoms with Gasteiger partial charge in [-0.15, -0.1) is 0 Å².